The fraction of sp³-hybridized carbons (Fsp3) is 0.273. The monoisotopic (exact) mass is 483 g/mol. The van der Waals surface area contributed by atoms with Crippen molar-refractivity contribution in [3.8, 4) is 5.69 Å². The minimum Gasteiger partial charge on any atom is -0.318 e. The summed E-state index contributed by atoms with van der Waals surface area (Å²) in [5.74, 6) is -0.309. The molecule has 1 aromatic heterocycles. The Morgan fingerprint density at radius 1 is 1.23 bits per heavy atom. The zero-order valence-corrected chi connectivity index (χ0v) is 19.5. The Hall–Kier alpha value is -2.45. The maximum atomic E-state index is 12.7. The molecule has 0 atom stereocenters. The number of aryl methyl sites for hydroxylation is 1. The first-order valence-corrected chi connectivity index (χ1v) is 11.4. The molecule has 154 valence electrons. The molecule has 0 spiro atoms. The highest BCUT2D eigenvalue weighted by atomic mass is 79.9. The highest BCUT2D eigenvalue weighted by molar-refractivity contribution is 9.10. The van der Waals surface area contributed by atoms with Gasteiger partial charge in [-0.2, -0.15) is 15.1 Å². The molecule has 0 saturated heterocycles. The van der Waals surface area contributed by atoms with Crippen molar-refractivity contribution in [1.82, 2.24) is 9.58 Å². The molecule has 3 heterocycles. The first-order valence-electron chi connectivity index (χ1n) is 9.83. The number of amidine groups is 2. The number of carbonyl (C=O) groups excluding carboxylic acids is 1. The van der Waals surface area contributed by atoms with Crippen LogP contribution in [0.1, 0.15) is 43.1 Å². The Kier molecular flexibility index (Phi) is 5.79. The highest BCUT2D eigenvalue weighted by Crippen LogP contribution is 2.31. The third-order valence-corrected chi connectivity index (χ3v) is 6.59. The second-order valence-electron chi connectivity index (χ2n) is 7.26. The molecular formula is C22H22BrN5OS. The normalized spacial score (nSPS) is 17.5. The summed E-state index contributed by atoms with van der Waals surface area (Å²) in [7, 11) is 0. The maximum absolute atomic E-state index is 12.7. The molecule has 1 aromatic carbocycles. The van der Waals surface area contributed by atoms with Crippen LogP contribution in [-0.4, -0.2) is 31.5 Å². The van der Waals surface area contributed by atoms with Crippen LogP contribution in [0.2, 0.25) is 0 Å². The Balaban J connectivity index is 1.68. The summed E-state index contributed by atoms with van der Waals surface area (Å²) in [6, 6.07) is 10.1. The summed E-state index contributed by atoms with van der Waals surface area (Å²) in [5, 5.41) is 15.9. The third-order valence-electron chi connectivity index (χ3n) is 5.10. The summed E-state index contributed by atoms with van der Waals surface area (Å²) in [4.78, 5) is 16.9. The predicted octanol–water partition coefficient (Wildman–Crippen LogP) is 5.67. The van der Waals surface area contributed by atoms with E-state index in [9.17, 15) is 4.79 Å². The summed E-state index contributed by atoms with van der Waals surface area (Å²) in [6.07, 6.45) is 4.69. The van der Waals surface area contributed by atoms with Crippen LogP contribution >= 0.6 is 27.7 Å². The standard InChI is InChI=1S/C22H22BrN5OS/c1-4-5-6-19-26-28-20(24)18(21(29)25-22(28)30-19)12-15-11-13(2)27(14(15)3)17-9-7-16(23)8-10-17/h7-12,24H,4-6H2,1-3H3/b18-12-,24-20?. The molecule has 4 rings (SSSR count). The number of amides is 1. The molecular weight excluding hydrogens is 462 g/mol. The molecule has 2 aromatic rings. The predicted molar refractivity (Wildman–Crippen MR) is 127 cm³/mol. The van der Waals surface area contributed by atoms with E-state index >= 15 is 0 Å². The van der Waals surface area contributed by atoms with Crippen molar-refractivity contribution in [2.24, 2.45) is 10.1 Å². The SMILES string of the molecule is CCCCC1=NN2C(=N)/C(=C/c3cc(C)n(-c4ccc(Br)cc4)c3C)C(=O)N=C2S1. The average molecular weight is 484 g/mol. The second-order valence-corrected chi connectivity index (χ2v) is 9.21. The van der Waals surface area contributed by atoms with E-state index in [0.717, 1.165) is 51.4 Å². The molecule has 8 heteroatoms. The summed E-state index contributed by atoms with van der Waals surface area (Å²) < 4.78 is 3.16. The number of unbranched alkanes of at least 4 members (excludes halogenated alkanes) is 1. The molecule has 0 fully saturated rings. The van der Waals surface area contributed by atoms with Crippen LogP contribution in [0.25, 0.3) is 11.8 Å². The van der Waals surface area contributed by atoms with Crippen LogP contribution < -0.4 is 0 Å². The van der Waals surface area contributed by atoms with E-state index in [2.05, 4.69) is 37.5 Å². The van der Waals surface area contributed by atoms with Gasteiger partial charge in [-0.3, -0.25) is 10.2 Å². The molecule has 1 amide bonds. The Labute approximate surface area is 188 Å². The summed E-state index contributed by atoms with van der Waals surface area (Å²) >= 11 is 4.86. The zero-order chi connectivity index (χ0) is 21.4. The van der Waals surface area contributed by atoms with E-state index in [1.807, 2.05) is 44.2 Å². The highest BCUT2D eigenvalue weighted by Gasteiger charge is 2.35. The number of nitrogens with zero attached hydrogens (tertiary/aromatic N) is 4. The van der Waals surface area contributed by atoms with E-state index in [0.29, 0.717) is 5.17 Å². The molecule has 0 aliphatic carbocycles. The zero-order valence-electron chi connectivity index (χ0n) is 17.1. The van der Waals surface area contributed by atoms with Gasteiger partial charge >= 0.3 is 0 Å². The quantitative estimate of drug-likeness (QED) is 0.556. The number of hydrogen-bond donors (Lipinski definition) is 1. The first kappa shape index (κ1) is 20.8. The van der Waals surface area contributed by atoms with E-state index in [1.54, 1.807) is 6.08 Å². The molecule has 0 radical (unpaired) electrons. The fourth-order valence-electron chi connectivity index (χ4n) is 3.54. The van der Waals surface area contributed by atoms with E-state index < -0.39 is 0 Å². The second kappa shape index (κ2) is 8.35. The van der Waals surface area contributed by atoms with Gasteiger partial charge < -0.3 is 4.57 Å². The van der Waals surface area contributed by atoms with Gasteiger partial charge in [0.2, 0.25) is 5.17 Å². The van der Waals surface area contributed by atoms with Crippen molar-refractivity contribution in [3.05, 3.63) is 57.3 Å². The Bertz CT molecular complexity index is 1130. The van der Waals surface area contributed by atoms with Gasteiger partial charge in [0.1, 0.15) is 5.04 Å². The van der Waals surface area contributed by atoms with Crippen LogP contribution in [0.15, 0.2) is 50.5 Å². The number of fused-ring (bicyclic) bond motifs is 1. The number of thioether (sulfide) groups is 1. The van der Waals surface area contributed by atoms with E-state index in [1.165, 1.54) is 16.8 Å². The van der Waals surface area contributed by atoms with Crippen molar-refractivity contribution >= 4 is 55.7 Å². The van der Waals surface area contributed by atoms with Crippen LogP contribution in [0, 0.1) is 19.3 Å². The molecule has 30 heavy (non-hydrogen) atoms. The van der Waals surface area contributed by atoms with Crippen molar-refractivity contribution < 1.29 is 4.79 Å². The van der Waals surface area contributed by atoms with Gasteiger partial charge in [-0.05, 0) is 80.4 Å². The number of benzene rings is 1. The smallest absolute Gasteiger partial charge is 0.283 e. The van der Waals surface area contributed by atoms with Crippen LogP contribution in [0.4, 0.5) is 0 Å². The fourth-order valence-corrected chi connectivity index (χ4v) is 4.73. The van der Waals surface area contributed by atoms with Gasteiger partial charge in [-0.1, -0.05) is 29.3 Å². The van der Waals surface area contributed by atoms with Crippen molar-refractivity contribution in [2.75, 3.05) is 0 Å². The van der Waals surface area contributed by atoms with Gasteiger partial charge in [-0.15, -0.1) is 0 Å². The molecule has 6 nitrogen and oxygen atoms in total. The number of halogens is 1. The third kappa shape index (κ3) is 3.81. The van der Waals surface area contributed by atoms with Crippen LogP contribution in [0.5, 0.6) is 0 Å². The molecule has 0 bridgehead atoms. The van der Waals surface area contributed by atoms with E-state index in [4.69, 9.17) is 5.41 Å². The van der Waals surface area contributed by atoms with Crippen LogP contribution in [0.3, 0.4) is 0 Å². The number of carbonyl (C=O) groups is 1. The van der Waals surface area contributed by atoms with Gasteiger partial charge in [0.25, 0.3) is 5.91 Å². The molecule has 2 aliphatic heterocycles. The lowest BCUT2D eigenvalue weighted by Gasteiger charge is -2.20. The molecule has 2 aliphatic rings. The number of aliphatic imine (C=N–C) groups is 1. The Morgan fingerprint density at radius 3 is 2.67 bits per heavy atom. The number of rotatable bonds is 5. The van der Waals surface area contributed by atoms with Crippen LogP contribution in [-0.2, 0) is 4.79 Å². The number of nitrogens with one attached hydrogen (secondary N) is 1. The van der Waals surface area contributed by atoms with Gasteiger partial charge in [0, 0.05) is 21.5 Å². The lowest BCUT2D eigenvalue weighted by atomic mass is 10.1. The number of hydrazone groups is 1. The Morgan fingerprint density at radius 2 is 1.97 bits per heavy atom. The molecule has 0 unspecified atom stereocenters. The van der Waals surface area contributed by atoms with Gasteiger partial charge in [0.05, 0.1) is 5.57 Å². The average Bonchev–Trinajstić information content (AvgIpc) is 3.24. The van der Waals surface area contributed by atoms with Crippen molar-refractivity contribution in [1.29, 1.82) is 5.41 Å². The number of aromatic nitrogens is 1. The summed E-state index contributed by atoms with van der Waals surface area (Å²) in [5.41, 5.74) is 4.25. The largest absolute Gasteiger partial charge is 0.318 e. The maximum Gasteiger partial charge on any atom is 0.283 e. The molecule has 1 N–H and O–H groups in total. The number of hydrogen-bond acceptors (Lipinski definition) is 4. The first-order chi connectivity index (χ1) is 14.4. The summed E-state index contributed by atoms with van der Waals surface area (Å²) in [6.45, 7) is 6.17. The minimum absolute atomic E-state index is 0.0810. The van der Waals surface area contributed by atoms with Gasteiger partial charge in [0.15, 0.2) is 5.84 Å². The lowest BCUT2D eigenvalue weighted by Crippen LogP contribution is -2.35. The van der Waals surface area contributed by atoms with Crippen molar-refractivity contribution in [3.63, 3.8) is 0 Å². The van der Waals surface area contributed by atoms with Gasteiger partial charge in [-0.25, -0.2) is 0 Å². The molecule has 0 saturated carbocycles. The lowest BCUT2D eigenvalue weighted by molar-refractivity contribution is -0.114. The van der Waals surface area contributed by atoms with Crippen molar-refractivity contribution in [2.45, 2.75) is 40.0 Å². The minimum atomic E-state index is -0.390. The topological polar surface area (TPSA) is 73.8 Å². The van der Waals surface area contributed by atoms with E-state index in [-0.39, 0.29) is 17.3 Å².